The predicted octanol–water partition coefficient (Wildman–Crippen LogP) is 12.1. The highest BCUT2D eigenvalue weighted by molar-refractivity contribution is 5.76. The van der Waals surface area contributed by atoms with E-state index < -0.39 is 86.8 Å². The summed E-state index contributed by atoms with van der Waals surface area (Å²) in [5, 5.41) is 86.7. The first-order valence-corrected chi connectivity index (χ1v) is 32.8. The molecule has 2 heterocycles. The summed E-state index contributed by atoms with van der Waals surface area (Å²) in [7, 11) is 0. The number of hydrogen-bond acceptors (Lipinski definition) is 13. The highest BCUT2D eigenvalue weighted by atomic mass is 16.7. The quantitative estimate of drug-likeness (QED) is 0.0259. The van der Waals surface area contributed by atoms with Gasteiger partial charge >= 0.3 is 0 Å². The fraction of sp³-hybridized carbons (Fsp3) is 0.984. The normalized spacial score (nSPS) is 24.6. The molecular formula is C63H123NO13. The zero-order chi connectivity index (χ0) is 56.0. The molecule has 2 fully saturated rings. The SMILES string of the molecule is CCCCCCCCCCCCCCCCCCCCCCCCCCCCCCCCCCCCCCCC(=O)NC(COC1OC(CO)C(OC2OC(CO)C(O)C(O)C2O)C(O)C1O)C(O)CCCCCCCC. The zero-order valence-corrected chi connectivity index (χ0v) is 49.5. The Hall–Kier alpha value is -1.01. The third-order valence-electron chi connectivity index (χ3n) is 16.6. The highest BCUT2D eigenvalue weighted by Crippen LogP contribution is 2.30. The van der Waals surface area contributed by atoms with E-state index in [-0.39, 0.29) is 12.5 Å². The van der Waals surface area contributed by atoms with Crippen LogP contribution in [0.25, 0.3) is 0 Å². The van der Waals surface area contributed by atoms with Crippen molar-refractivity contribution in [2.24, 2.45) is 0 Å². The van der Waals surface area contributed by atoms with Crippen LogP contribution in [0.5, 0.6) is 0 Å². The minimum Gasteiger partial charge on any atom is -0.394 e. The van der Waals surface area contributed by atoms with Crippen LogP contribution in [0.3, 0.4) is 0 Å². The fourth-order valence-electron chi connectivity index (χ4n) is 11.3. The first kappa shape index (κ1) is 72.1. The molecule has 0 bridgehead atoms. The number of carbonyl (C=O) groups is 1. The largest absolute Gasteiger partial charge is 0.394 e. The minimum atomic E-state index is -1.78. The second-order valence-corrected chi connectivity index (χ2v) is 23.6. The summed E-state index contributed by atoms with van der Waals surface area (Å²) >= 11 is 0. The van der Waals surface area contributed by atoms with E-state index in [0.29, 0.717) is 12.8 Å². The van der Waals surface area contributed by atoms with E-state index in [1.807, 2.05) is 0 Å². The first-order valence-electron chi connectivity index (χ1n) is 32.8. The number of rotatable bonds is 54. The molecule has 14 nitrogen and oxygen atoms in total. The molecule has 0 aliphatic carbocycles. The van der Waals surface area contributed by atoms with Crippen LogP contribution >= 0.6 is 0 Å². The maximum atomic E-state index is 13.2. The van der Waals surface area contributed by atoms with Crippen LogP contribution in [0.1, 0.15) is 303 Å². The molecule has 9 N–H and O–H groups in total. The Kier molecular flexibility index (Phi) is 46.4. The molecule has 2 aliphatic heterocycles. The molecular weight excluding hydrogens is 979 g/mol. The average molecular weight is 1100 g/mol. The molecule has 2 saturated heterocycles. The van der Waals surface area contributed by atoms with Gasteiger partial charge < -0.3 is 65.1 Å². The van der Waals surface area contributed by atoms with Gasteiger partial charge in [-0.25, -0.2) is 0 Å². The number of unbranched alkanes of at least 4 members (excludes halogenated alkanes) is 41. The molecule has 458 valence electrons. The zero-order valence-electron chi connectivity index (χ0n) is 49.5. The highest BCUT2D eigenvalue weighted by Gasteiger charge is 2.51. The van der Waals surface area contributed by atoms with Crippen LogP contribution < -0.4 is 5.32 Å². The molecule has 0 saturated carbocycles. The number of hydrogen-bond donors (Lipinski definition) is 9. The third kappa shape index (κ3) is 34.9. The number of ether oxygens (including phenoxy) is 4. The van der Waals surface area contributed by atoms with Gasteiger partial charge in [-0.3, -0.25) is 4.79 Å². The van der Waals surface area contributed by atoms with Crippen LogP contribution in [0.2, 0.25) is 0 Å². The van der Waals surface area contributed by atoms with E-state index in [0.717, 1.165) is 64.2 Å². The van der Waals surface area contributed by atoms with E-state index in [1.54, 1.807) is 0 Å². The summed E-state index contributed by atoms with van der Waals surface area (Å²) < 4.78 is 22.7. The summed E-state index contributed by atoms with van der Waals surface area (Å²) in [5.74, 6) is -0.205. The number of aliphatic hydroxyl groups is 8. The Balaban J connectivity index is 1.47. The monoisotopic (exact) mass is 1100 g/mol. The molecule has 0 aromatic rings. The van der Waals surface area contributed by atoms with E-state index in [4.69, 9.17) is 18.9 Å². The maximum Gasteiger partial charge on any atom is 0.220 e. The molecule has 12 atom stereocenters. The van der Waals surface area contributed by atoms with Gasteiger partial charge in [0.2, 0.25) is 5.91 Å². The molecule has 0 radical (unpaired) electrons. The van der Waals surface area contributed by atoms with E-state index in [9.17, 15) is 45.6 Å². The minimum absolute atomic E-state index is 0.205. The van der Waals surface area contributed by atoms with Crippen LogP contribution in [0, 0.1) is 0 Å². The van der Waals surface area contributed by atoms with Gasteiger partial charge in [0.05, 0.1) is 32.0 Å². The first-order chi connectivity index (χ1) is 37.6. The smallest absolute Gasteiger partial charge is 0.220 e. The summed E-state index contributed by atoms with van der Waals surface area (Å²) in [5.41, 5.74) is 0. The number of amides is 1. The summed E-state index contributed by atoms with van der Waals surface area (Å²) in [4.78, 5) is 13.2. The van der Waals surface area contributed by atoms with Crippen molar-refractivity contribution in [2.45, 2.75) is 376 Å². The second-order valence-electron chi connectivity index (χ2n) is 23.6. The van der Waals surface area contributed by atoms with E-state index in [1.165, 1.54) is 212 Å². The molecule has 0 aromatic heterocycles. The topological polar surface area (TPSA) is 228 Å². The van der Waals surface area contributed by atoms with Gasteiger partial charge in [-0.15, -0.1) is 0 Å². The van der Waals surface area contributed by atoms with Gasteiger partial charge in [-0.2, -0.15) is 0 Å². The van der Waals surface area contributed by atoms with Crippen molar-refractivity contribution >= 4 is 5.91 Å². The van der Waals surface area contributed by atoms with Crippen LogP contribution in [0.4, 0.5) is 0 Å². The molecule has 77 heavy (non-hydrogen) atoms. The van der Waals surface area contributed by atoms with Crippen LogP contribution in [0.15, 0.2) is 0 Å². The van der Waals surface area contributed by atoms with Gasteiger partial charge in [0, 0.05) is 6.42 Å². The lowest BCUT2D eigenvalue weighted by atomic mass is 9.97. The molecule has 0 spiro atoms. The van der Waals surface area contributed by atoms with Gasteiger partial charge in [-0.05, 0) is 12.8 Å². The van der Waals surface area contributed by atoms with Gasteiger partial charge in [0.25, 0.3) is 0 Å². The van der Waals surface area contributed by atoms with E-state index >= 15 is 0 Å². The van der Waals surface area contributed by atoms with Crippen molar-refractivity contribution in [1.29, 1.82) is 0 Å². The van der Waals surface area contributed by atoms with Crippen LogP contribution in [-0.2, 0) is 23.7 Å². The average Bonchev–Trinajstić information content (AvgIpc) is 3.43. The molecule has 2 rings (SSSR count). The molecule has 0 aromatic carbocycles. The lowest BCUT2D eigenvalue weighted by molar-refractivity contribution is -0.359. The van der Waals surface area contributed by atoms with Gasteiger partial charge in [-0.1, -0.05) is 284 Å². The Labute approximate surface area is 470 Å². The Morgan fingerprint density at radius 2 is 0.740 bits per heavy atom. The maximum absolute atomic E-state index is 13.2. The van der Waals surface area contributed by atoms with Crippen molar-refractivity contribution in [3.63, 3.8) is 0 Å². The summed E-state index contributed by atoms with van der Waals surface area (Å²) in [6, 6.07) is -0.820. The predicted molar refractivity (Wildman–Crippen MR) is 309 cm³/mol. The van der Waals surface area contributed by atoms with Crippen molar-refractivity contribution < 1.29 is 64.6 Å². The summed E-state index contributed by atoms with van der Waals surface area (Å²) in [6.07, 6.45) is 40.8. The standard InChI is InChI=1S/C63H123NO13/c1-3-5-7-9-11-12-13-14-15-16-17-18-19-20-21-22-23-24-25-26-27-28-29-30-31-32-33-34-35-36-37-38-39-40-41-43-45-47-55(68)64-51(52(67)46-44-42-10-8-6-4-2)50-74-62-60(73)58(71)61(54(49-66)76-62)77-63-59(72)57(70)56(69)53(48-65)75-63/h51-54,56-63,65-67,69-73H,3-50H2,1-2H3,(H,64,68). The van der Waals surface area contributed by atoms with Crippen molar-refractivity contribution in [3.8, 4) is 0 Å². The van der Waals surface area contributed by atoms with Crippen molar-refractivity contribution in [1.82, 2.24) is 5.32 Å². The Bertz CT molecular complexity index is 1300. The molecule has 12 unspecified atom stereocenters. The van der Waals surface area contributed by atoms with Crippen molar-refractivity contribution in [2.75, 3.05) is 19.8 Å². The summed E-state index contributed by atoms with van der Waals surface area (Å²) in [6.45, 7) is 2.82. The van der Waals surface area contributed by atoms with Gasteiger partial charge in [0.15, 0.2) is 12.6 Å². The van der Waals surface area contributed by atoms with E-state index in [2.05, 4.69) is 19.2 Å². The molecule has 14 heteroatoms. The number of nitrogens with one attached hydrogen (secondary N) is 1. The molecule has 2 aliphatic rings. The van der Waals surface area contributed by atoms with Crippen LogP contribution in [-0.4, -0.2) is 140 Å². The lowest BCUT2D eigenvalue weighted by Gasteiger charge is -2.46. The fourth-order valence-corrected chi connectivity index (χ4v) is 11.3. The number of carbonyl (C=O) groups excluding carboxylic acids is 1. The second kappa shape index (κ2) is 49.6. The number of aliphatic hydroxyl groups excluding tert-OH is 8. The lowest BCUT2D eigenvalue weighted by Crippen LogP contribution is -2.65. The van der Waals surface area contributed by atoms with Crippen molar-refractivity contribution in [3.05, 3.63) is 0 Å². The Morgan fingerprint density at radius 3 is 1.10 bits per heavy atom. The third-order valence-corrected chi connectivity index (χ3v) is 16.6. The molecule has 1 amide bonds. The van der Waals surface area contributed by atoms with Gasteiger partial charge in [0.1, 0.15) is 48.8 Å². The Morgan fingerprint density at radius 1 is 0.416 bits per heavy atom.